The highest BCUT2D eigenvalue weighted by Gasteiger charge is 2.37. The van der Waals surface area contributed by atoms with Gasteiger partial charge in [-0.1, -0.05) is 23.7 Å². The van der Waals surface area contributed by atoms with Gasteiger partial charge >= 0.3 is 5.97 Å². The first-order valence-corrected chi connectivity index (χ1v) is 7.56. The highest BCUT2D eigenvalue weighted by molar-refractivity contribution is 7.99. The molecule has 0 radical (unpaired) electrons. The van der Waals surface area contributed by atoms with E-state index in [1.54, 1.807) is 31.2 Å². The number of carbonyl (C=O) groups is 2. The number of carbonyl (C=O) groups excluding carboxylic acids is 1. The molecule has 0 aromatic heterocycles. The van der Waals surface area contributed by atoms with Crippen LogP contribution in [0.4, 0.5) is 0 Å². The van der Waals surface area contributed by atoms with E-state index in [1.165, 1.54) is 16.7 Å². The van der Waals surface area contributed by atoms with Gasteiger partial charge in [-0.25, -0.2) is 4.79 Å². The van der Waals surface area contributed by atoms with Crippen molar-refractivity contribution in [1.29, 1.82) is 0 Å². The highest BCUT2D eigenvalue weighted by Crippen LogP contribution is 2.26. The van der Waals surface area contributed by atoms with Crippen LogP contribution in [0.15, 0.2) is 24.3 Å². The fourth-order valence-electron chi connectivity index (χ4n) is 1.88. The number of hydrogen-bond acceptors (Lipinski definition) is 4. The maximum absolute atomic E-state index is 12.3. The Kier molecular flexibility index (Phi) is 4.77. The van der Waals surface area contributed by atoms with Crippen LogP contribution in [0.1, 0.15) is 6.92 Å². The second-order valence-electron chi connectivity index (χ2n) is 4.35. The van der Waals surface area contributed by atoms with E-state index in [2.05, 4.69) is 0 Å². The van der Waals surface area contributed by atoms with E-state index in [0.717, 1.165) is 0 Å². The Morgan fingerprint density at radius 3 is 2.85 bits per heavy atom. The molecule has 0 aliphatic carbocycles. The number of rotatable bonds is 4. The van der Waals surface area contributed by atoms with Crippen molar-refractivity contribution in [2.45, 2.75) is 19.1 Å². The number of hydrogen-bond donors (Lipinski definition) is 1. The highest BCUT2D eigenvalue weighted by atomic mass is 35.5. The third-order valence-electron chi connectivity index (χ3n) is 2.94. The van der Waals surface area contributed by atoms with Gasteiger partial charge < -0.3 is 14.7 Å². The van der Waals surface area contributed by atoms with Gasteiger partial charge in [0.05, 0.1) is 10.9 Å². The first-order chi connectivity index (χ1) is 9.50. The van der Waals surface area contributed by atoms with Crippen LogP contribution in [0, 0.1) is 0 Å². The summed E-state index contributed by atoms with van der Waals surface area (Å²) in [5, 5.41) is 9.49. The van der Waals surface area contributed by atoms with E-state index in [9.17, 15) is 9.59 Å². The third-order valence-corrected chi connectivity index (χ3v) is 4.26. The van der Waals surface area contributed by atoms with Crippen LogP contribution in [0.2, 0.25) is 5.02 Å². The Balaban J connectivity index is 2.05. The molecule has 7 heteroatoms. The molecule has 1 heterocycles. The molecular weight excluding hydrogens is 302 g/mol. The number of para-hydroxylation sites is 1. The van der Waals surface area contributed by atoms with Crippen molar-refractivity contribution in [2.75, 3.05) is 11.6 Å². The molecule has 20 heavy (non-hydrogen) atoms. The van der Waals surface area contributed by atoms with Crippen LogP contribution in [-0.4, -0.2) is 45.7 Å². The Bertz CT molecular complexity index is 525. The number of nitrogens with zero attached hydrogens (tertiary/aromatic N) is 1. The largest absolute Gasteiger partial charge is 0.480 e. The summed E-state index contributed by atoms with van der Waals surface area (Å²) in [6, 6.07) is 6.06. The second-order valence-corrected chi connectivity index (χ2v) is 5.76. The minimum Gasteiger partial charge on any atom is -0.480 e. The monoisotopic (exact) mass is 315 g/mol. The van der Waals surface area contributed by atoms with Crippen LogP contribution >= 0.6 is 23.4 Å². The zero-order valence-corrected chi connectivity index (χ0v) is 12.4. The summed E-state index contributed by atoms with van der Waals surface area (Å²) < 4.78 is 5.52. The molecule has 108 valence electrons. The Morgan fingerprint density at radius 2 is 2.20 bits per heavy atom. The fraction of sp³-hybridized carbons (Fsp3) is 0.385. The summed E-state index contributed by atoms with van der Waals surface area (Å²) in [6.45, 7) is 1.59. The molecule has 0 spiro atoms. The van der Waals surface area contributed by atoms with Crippen molar-refractivity contribution >= 4 is 35.2 Å². The van der Waals surface area contributed by atoms with E-state index in [4.69, 9.17) is 21.4 Å². The number of ether oxygens (including phenoxy) is 1. The van der Waals surface area contributed by atoms with Crippen molar-refractivity contribution in [3.8, 4) is 5.75 Å². The van der Waals surface area contributed by atoms with Crippen LogP contribution in [0.3, 0.4) is 0 Å². The minimum absolute atomic E-state index is 0.345. The smallest absolute Gasteiger partial charge is 0.327 e. The van der Waals surface area contributed by atoms with Crippen molar-refractivity contribution < 1.29 is 19.4 Å². The predicted molar refractivity (Wildman–Crippen MR) is 77.1 cm³/mol. The van der Waals surface area contributed by atoms with Crippen molar-refractivity contribution in [1.82, 2.24) is 4.90 Å². The van der Waals surface area contributed by atoms with Gasteiger partial charge in [0.2, 0.25) is 0 Å². The van der Waals surface area contributed by atoms with Gasteiger partial charge in [0.1, 0.15) is 11.8 Å². The van der Waals surface area contributed by atoms with E-state index in [1.807, 2.05) is 0 Å². The van der Waals surface area contributed by atoms with E-state index < -0.39 is 18.1 Å². The Labute approximate surface area is 125 Å². The molecule has 2 rings (SSSR count). The molecule has 5 nitrogen and oxygen atoms in total. The van der Waals surface area contributed by atoms with E-state index in [0.29, 0.717) is 22.4 Å². The molecule has 1 amide bonds. The lowest BCUT2D eigenvalue weighted by Crippen LogP contribution is -2.47. The molecule has 1 saturated heterocycles. The average Bonchev–Trinajstić information content (AvgIpc) is 2.89. The van der Waals surface area contributed by atoms with Gasteiger partial charge in [-0.15, -0.1) is 11.8 Å². The summed E-state index contributed by atoms with van der Waals surface area (Å²) in [5.74, 6) is -0.157. The zero-order valence-electron chi connectivity index (χ0n) is 10.8. The summed E-state index contributed by atoms with van der Waals surface area (Å²) >= 11 is 7.38. The first kappa shape index (κ1) is 15.0. The van der Waals surface area contributed by atoms with Crippen LogP contribution in [0.25, 0.3) is 0 Å². The molecule has 1 aromatic carbocycles. The lowest BCUT2D eigenvalue weighted by atomic mass is 10.2. The molecule has 0 saturated carbocycles. The first-order valence-electron chi connectivity index (χ1n) is 6.03. The minimum atomic E-state index is -0.992. The second kappa shape index (κ2) is 6.37. The molecule has 1 aliphatic heterocycles. The summed E-state index contributed by atoms with van der Waals surface area (Å²) in [4.78, 5) is 24.7. The van der Waals surface area contributed by atoms with Crippen LogP contribution in [0.5, 0.6) is 5.75 Å². The summed E-state index contributed by atoms with van der Waals surface area (Å²) in [6.07, 6.45) is -0.782. The van der Waals surface area contributed by atoms with Crippen molar-refractivity contribution in [3.63, 3.8) is 0 Å². The molecule has 1 fully saturated rings. The lowest BCUT2D eigenvalue weighted by molar-refractivity contribution is -0.150. The van der Waals surface area contributed by atoms with Crippen molar-refractivity contribution in [3.05, 3.63) is 29.3 Å². The van der Waals surface area contributed by atoms with Crippen LogP contribution in [-0.2, 0) is 9.59 Å². The molecule has 0 bridgehead atoms. The van der Waals surface area contributed by atoms with Gasteiger partial charge in [0.25, 0.3) is 5.91 Å². The number of carboxylic acid groups (broad SMARTS) is 1. The molecule has 2 atom stereocenters. The Hall–Kier alpha value is -1.40. The maximum Gasteiger partial charge on any atom is 0.327 e. The molecule has 1 unspecified atom stereocenters. The van der Waals surface area contributed by atoms with Gasteiger partial charge in [0, 0.05) is 5.75 Å². The number of thioether (sulfide) groups is 1. The zero-order chi connectivity index (χ0) is 14.7. The summed E-state index contributed by atoms with van der Waals surface area (Å²) in [5.41, 5.74) is 0. The standard InChI is InChI=1S/C13H14ClNO4S/c1-8(19-11-5-3-2-4-9(11)14)12(16)15-7-20-6-10(15)13(17)18/h2-5,8,10H,6-7H2,1H3,(H,17,18)/t8?,10-/m0/s1. The Morgan fingerprint density at radius 1 is 1.50 bits per heavy atom. The predicted octanol–water partition coefficient (Wildman–Crippen LogP) is 2.09. The third kappa shape index (κ3) is 3.19. The number of carboxylic acids is 1. The van der Waals surface area contributed by atoms with Crippen molar-refractivity contribution in [2.24, 2.45) is 0 Å². The SMILES string of the molecule is CC(Oc1ccccc1Cl)C(=O)N1CSC[C@H]1C(=O)O. The molecular formula is C13H14ClNO4S. The number of benzene rings is 1. The van der Waals surface area contributed by atoms with Gasteiger partial charge in [-0.2, -0.15) is 0 Å². The van der Waals surface area contributed by atoms with Gasteiger partial charge in [-0.3, -0.25) is 4.79 Å². The fourth-order valence-corrected chi connectivity index (χ4v) is 3.21. The van der Waals surface area contributed by atoms with E-state index in [-0.39, 0.29) is 5.91 Å². The molecule has 1 aromatic rings. The normalized spacial score (nSPS) is 19.7. The molecule has 1 aliphatic rings. The molecule has 1 N–H and O–H groups in total. The van der Waals surface area contributed by atoms with Gasteiger partial charge in [0.15, 0.2) is 6.10 Å². The lowest BCUT2D eigenvalue weighted by Gasteiger charge is -2.24. The number of aliphatic carboxylic acids is 1. The van der Waals surface area contributed by atoms with Gasteiger partial charge in [-0.05, 0) is 19.1 Å². The maximum atomic E-state index is 12.3. The van der Waals surface area contributed by atoms with E-state index >= 15 is 0 Å². The topological polar surface area (TPSA) is 66.8 Å². The number of halogens is 1. The summed E-state index contributed by atoms with van der Waals surface area (Å²) in [7, 11) is 0. The van der Waals surface area contributed by atoms with Crippen LogP contribution < -0.4 is 4.74 Å². The number of amides is 1. The quantitative estimate of drug-likeness (QED) is 0.921. The average molecular weight is 316 g/mol.